The van der Waals surface area contributed by atoms with Crippen LogP contribution in [-0.4, -0.2) is 90.1 Å². The molecule has 5 heterocycles. The van der Waals surface area contributed by atoms with Crippen LogP contribution in [0.2, 0.25) is 0 Å². The van der Waals surface area contributed by atoms with Gasteiger partial charge < -0.3 is 24.1 Å². The summed E-state index contributed by atoms with van der Waals surface area (Å²) >= 11 is 0. The molecule has 0 radical (unpaired) electrons. The number of nitrogens with zero attached hydrogens (tertiary/aromatic N) is 7. The van der Waals surface area contributed by atoms with E-state index in [4.69, 9.17) is 34.2 Å². The number of aromatic nitrogens is 6. The van der Waals surface area contributed by atoms with Gasteiger partial charge in [-0.1, -0.05) is 13.0 Å². The molecular weight excluding hydrogens is 640 g/mol. The summed E-state index contributed by atoms with van der Waals surface area (Å²) in [5, 5.41) is 28.3. The van der Waals surface area contributed by atoms with E-state index in [1.807, 2.05) is 68.3 Å². The van der Waals surface area contributed by atoms with Crippen molar-refractivity contribution >= 4 is 35.0 Å². The maximum atomic E-state index is 13.0. The molecule has 1 saturated heterocycles. The smallest absolute Gasteiger partial charge is 0.413 e. The van der Waals surface area contributed by atoms with Gasteiger partial charge in [-0.25, -0.2) is 14.2 Å². The molecule has 2 N–H and O–H groups in total. The van der Waals surface area contributed by atoms with Crippen LogP contribution in [0, 0.1) is 0 Å². The number of fused-ring (bicyclic) bond motifs is 4. The van der Waals surface area contributed by atoms with E-state index in [0.717, 1.165) is 59.2 Å². The molecule has 0 spiro atoms. The maximum absolute atomic E-state index is 13.0. The van der Waals surface area contributed by atoms with Crippen LogP contribution in [0.15, 0.2) is 18.2 Å². The normalized spacial score (nSPS) is 19.3. The molecule has 3 aromatic heterocycles. The fourth-order valence-electron chi connectivity index (χ4n) is 6.59. The molecule has 0 aliphatic carbocycles. The third kappa shape index (κ3) is 7.52. The van der Waals surface area contributed by atoms with Crippen molar-refractivity contribution in [1.29, 1.82) is 0 Å². The first kappa shape index (κ1) is 35.4. The molecule has 1 fully saturated rings. The Balaban J connectivity index is 1.57. The van der Waals surface area contributed by atoms with E-state index in [0.29, 0.717) is 56.0 Å². The first-order chi connectivity index (χ1) is 24.0. The van der Waals surface area contributed by atoms with E-state index in [1.54, 1.807) is 11.7 Å². The van der Waals surface area contributed by atoms with Crippen molar-refractivity contribution in [3.05, 3.63) is 35.2 Å². The Bertz CT molecular complexity index is 1840. The van der Waals surface area contributed by atoms with Crippen molar-refractivity contribution in [3.63, 3.8) is 0 Å². The molecule has 1 amide bonds. The molecule has 6 rings (SSSR count). The summed E-state index contributed by atoms with van der Waals surface area (Å²) in [7, 11) is 1.80. The van der Waals surface area contributed by atoms with Crippen molar-refractivity contribution in [2.75, 3.05) is 38.2 Å². The Labute approximate surface area is 292 Å². The van der Waals surface area contributed by atoms with Crippen molar-refractivity contribution in [1.82, 2.24) is 34.2 Å². The Morgan fingerprint density at radius 3 is 2.66 bits per heavy atom. The second-order valence-electron chi connectivity index (χ2n) is 13.8. The van der Waals surface area contributed by atoms with Gasteiger partial charge in [0.25, 0.3) is 0 Å². The summed E-state index contributed by atoms with van der Waals surface area (Å²) in [6, 6.07) is 6.11. The van der Waals surface area contributed by atoms with Gasteiger partial charge in [-0.05, 0) is 90.3 Å². The first-order valence-electron chi connectivity index (χ1n) is 17.6. The standard InChI is InChI=1S/C36H50N8O6/c1-8-42-21-23(3)49-34-31(32(39-41(34)7)37-35(46)50-36(4,5)6)24-13-16-28-26(20-24)27(38-44(28)30-12-10-11-19-48-30)15-14-25-29(22-42)43(17-18-45)40-33(25)47-9-2/h13-16,20,23,30,45H,8-12,17-19,21-22H2,1-7H3,(H,37,39,46)/b15-14-/t23-,30?/m0/s1. The zero-order valence-corrected chi connectivity index (χ0v) is 30.2. The quantitative estimate of drug-likeness (QED) is 0.243. The average molecular weight is 691 g/mol. The topological polar surface area (TPSA) is 143 Å². The van der Waals surface area contributed by atoms with Crippen molar-refractivity contribution in [2.24, 2.45) is 7.05 Å². The number of aliphatic hydroxyl groups is 1. The largest absolute Gasteiger partial charge is 0.476 e. The summed E-state index contributed by atoms with van der Waals surface area (Å²) in [5.41, 5.74) is 4.17. The number of hydrogen-bond acceptors (Lipinski definition) is 10. The van der Waals surface area contributed by atoms with Crippen LogP contribution in [0.3, 0.4) is 0 Å². The Hall–Kier alpha value is -4.40. The lowest BCUT2D eigenvalue weighted by Gasteiger charge is -2.26. The lowest BCUT2D eigenvalue weighted by atomic mass is 10.0. The number of aryl methyl sites for hydroxylation is 1. The van der Waals surface area contributed by atoms with Crippen LogP contribution in [-0.2, 0) is 29.6 Å². The van der Waals surface area contributed by atoms with Crippen LogP contribution in [0.1, 0.15) is 84.0 Å². The van der Waals surface area contributed by atoms with E-state index >= 15 is 0 Å². The highest BCUT2D eigenvalue weighted by atomic mass is 16.6. The van der Waals surface area contributed by atoms with Gasteiger partial charge in [-0.15, -0.1) is 5.10 Å². The monoisotopic (exact) mass is 690 g/mol. The van der Waals surface area contributed by atoms with Gasteiger partial charge in [0.15, 0.2) is 12.0 Å². The molecule has 0 saturated carbocycles. The van der Waals surface area contributed by atoms with E-state index in [1.165, 1.54) is 0 Å². The molecular formula is C36H50N8O6. The van der Waals surface area contributed by atoms with Crippen LogP contribution in [0.4, 0.5) is 10.6 Å². The molecule has 270 valence electrons. The Morgan fingerprint density at radius 2 is 1.96 bits per heavy atom. The molecule has 14 nitrogen and oxygen atoms in total. The number of likely N-dealkylation sites (N-methyl/N-ethyl adjacent to an activating group) is 1. The number of rotatable bonds is 7. The predicted octanol–water partition coefficient (Wildman–Crippen LogP) is 5.84. The minimum Gasteiger partial charge on any atom is -0.476 e. The molecule has 2 atom stereocenters. The highest BCUT2D eigenvalue weighted by Gasteiger charge is 2.28. The number of anilines is 1. The third-order valence-electron chi connectivity index (χ3n) is 8.78. The number of hydrogen-bond donors (Lipinski definition) is 2. The summed E-state index contributed by atoms with van der Waals surface area (Å²) in [5.74, 6) is 1.35. The number of ether oxygens (including phenoxy) is 4. The van der Waals surface area contributed by atoms with Gasteiger partial charge in [0.2, 0.25) is 11.8 Å². The number of benzene rings is 1. The summed E-state index contributed by atoms with van der Waals surface area (Å²) in [6.45, 7) is 14.8. The second kappa shape index (κ2) is 14.8. The van der Waals surface area contributed by atoms with Crippen LogP contribution in [0.5, 0.6) is 11.8 Å². The lowest BCUT2D eigenvalue weighted by molar-refractivity contribution is -0.0367. The molecule has 2 bridgehead atoms. The molecule has 1 aromatic carbocycles. The van der Waals surface area contributed by atoms with Crippen LogP contribution >= 0.6 is 0 Å². The van der Waals surface area contributed by atoms with E-state index in [-0.39, 0.29) is 18.9 Å². The fourth-order valence-corrected chi connectivity index (χ4v) is 6.59. The maximum Gasteiger partial charge on any atom is 0.413 e. The number of carbonyl (C=O) groups excluding carboxylic acids is 1. The summed E-state index contributed by atoms with van der Waals surface area (Å²) in [6.07, 6.45) is 5.90. The summed E-state index contributed by atoms with van der Waals surface area (Å²) in [4.78, 5) is 15.3. The molecule has 1 unspecified atom stereocenters. The van der Waals surface area contributed by atoms with Crippen LogP contribution < -0.4 is 14.8 Å². The molecule has 4 aromatic rings. The van der Waals surface area contributed by atoms with Crippen LogP contribution in [0.25, 0.3) is 34.2 Å². The number of amides is 1. The van der Waals surface area contributed by atoms with Gasteiger partial charge in [0, 0.05) is 32.1 Å². The van der Waals surface area contributed by atoms with Gasteiger partial charge in [0.1, 0.15) is 11.7 Å². The number of carbonyl (C=O) groups is 1. The van der Waals surface area contributed by atoms with Crippen molar-refractivity contribution < 1.29 is 28.8 Å². The van der Waals surface area contributed by atoms with Crippen molar-refractivity contribution in [3.8, 4) is 22.9 Å². The minimum atomic E-state index is -0.688. The summed E-state index contributed by atoms with van der Waals surface area (Å²) < 4.78 is 30.0. The second-order valence-corrected chi connectivity index (χ2v) is 13.8. The third-order valence-corrected chi connectivity index (χ3v) is 8.78. The molecule has 2 aliphatic heterocycles. The average Bonchev–Trinajstić information content (AvgIpc) is 3.69. The molecule has 2 aliphatic rings. The SMILES string of the molecule is CCOc1nn(CCO)c2c1/C=C\c1nn(C3CCCCO3)c3ccc(cc13)-c1c(NC(=O)OC(C)(C)C)nn(C)c1O[C@@H](C)CN(CC)C2. The molecule has 14 heteroatoms. The zero-order chi connectivity index (χ0) is 35.6. The van der Waals surface area contributed by atoms with E-state index in [9.17, 15) is 9.90 Å². The first-order valence-corrected chi connectivity index (χ1v) is 17.6. The van der Waals surface area contributed by atoms with Gasteiger partial charge in [-0.2, -0.15) is 10.2 Å². The Morgan fingerprint density at radius 1 is 1.14 bits per heavy atom. The number of nitrogens with one attached hydrogen (secondary N) is 1. The van der Waals surface area contributed by atoms with Crippen molar-refractivity contribution in [2.45, 2.75) is 91.8 Å². The minimum absolute atomic E-state index is 0.0584. The molecule has 50 heavy (non-hydrogen) atoms. The zero-order valence-electron chi connectivity index (χ0n) is 30.2. The fraction of sp³-hybridized carbons (Fsp3) is 0.556. The van der Waals surface area contributed by atoms with Gasteiger partial charge >= 0.3 is 6.09 Å². The highest BCUT2D eigenvalue weighted by Crippen LogP contribution is 2.40. The Kier molecular flexibility index (Phi) is 10.5. The van der Waals surface area contributed by atoms with Gasteiger partial charge in [-0.3, -0.25) is 14.9 Å². The lowest BCUT2D eigenvalue weighted by Crippen LogP contribution is -2.34. The number of aliphatic hydroxyl groups excluding tert-OH is 1. The van der Waals surface area contributed by atoms with E-state index in [2.05, 4.69) is 23.2 Å². The highest BCUT2D eigenvalue weighted by molar-refractivity contribution is 5.97. The van der Waals surface area contributed by atoms with E-state index < -0.39 is 11.7 Å². The predicted molar refractivity (Wildman–Crippen MR) is 191 cm³/mol. The van der Waals surface area contributed by atoms with Gasteiger partial charge in [0.05, 0.1) is 47.8 Å².